The summed E-state index contributed by atoms with van der Waals surface area (Å²) in [5.74, 6) is -0.617. The predicted molar refractivity (Wildman–Crippen MR) is 78.0 cm³/mol. The molecule has 0 aliphatic carbocycles. The molecule has 0 aliphatic heterocycles. The number of amides is 2. The highest BCUT2D eigenvalue weighted by molar-refractivity contribution is 5.94. The summed E-state index contributed by atoms with van der Waals surface area (Å²) in [4.78, 5) is 24.4. The van der Waals surface area contributed by atoms with Crippen molar-refractivity contribution in [2.24, 2.45) is 5.73 Å². The largest absolute Gasteiger partial charge is 0.395 e. The van der Waals surface area contributed by atoms with Gasteiger partial charge in [-0.1, -0.05) is 19.1 Å². The lowest BCUT2D eigenvalue weighted by atomic mass is 10.1. The van der Waals surface area contributed by atoms with Gasteiger partial charge in [-0.25, -0.2) is 0 Å². The second kappa shape index (κ2) is 8.12. The number of hydrogen-bond donors (Lipinski definition) is 2. The fraction of sp³-hybridized carbons (Fsp3) is 0.333. The maximum Gasteiger partial charge on any atom is 0.248 e. The smallest absolute Gasteiger partial charge is 0.248 e. The number of nitrogens with two attached hydrogens (primary N) is 1. The van der Waals surface area contributed by atoms with E-state index >= 15 is 0 Å². The molecule has 0 unspecified atom stereocenters. The molecule has 20 heavy (non-hydrogen) atoms. The molecule has 0 aliphatic rings. The van der Waals surface area contributed by atoms with Gasteiger partial charge in [0.05, 0.1) is 6.61 Å². The molecule has 3 N–H and O–H groups in total. The monoisotopic (exact) mass is 276 g/mol. The molecule has 1 rings (SSSR count). The number of carbonyl (C=O) groups is 2. The van der Waals surface area contributed by atoms with E-state index < -0.39 is 5.91 Å². The number of primary amides is 1. The third kappa shape index (κ3) is 4.85. The van der Waals surface area contributed by atoms with Gasteiger partial charge < -0.3 is 15.7 Å². The molecule has 0 atom stereocenters. The zero-order chi connectivity index (χ0) is 15.0. The fourth-order valence-electron chi connectivity index (χ4n) is 1.75. The van der Waals surface area contributed by atoms with Crippen LogP contribution in [0.1, 0.15) is 29.3 Å². The lowest BCUT2D eigenvalue weighted by Crippen LogP contribution is -2.32. The number of nitrogens with zero attached hydrogens (tertiary/aromatic N) is 1. The van der Waals surface area contributed by atoms with Gasteiger partial charge in [-0.15, -0.1) is 0 Å². The summed E-state index contributed by atoms with van der Waals surface area (Å²) >= 11 is 0. The minimum absolute atomic E-state index is 0.0487. The van der Waals surface area contributed by atoms with Crippen molar-refractivity contribution < 1.29 is 14.7 Å². The van der Waals surface area contributed by atoms with Crippen LogP contribution in [0.15, 0.2) is 30.3 Å². The van der Waals surface area contributed by atoms with E-state index in [2.05, 4.69) is 0 Å². The molecule has 5 nitrogen and oxygen atoms in total. The second-order valence-corrected chi connectivity index (χ2v) is 4.37. The fourth-order valence-corrected chi connectivity index (χ4v) is 1.75. The molecule has 0 aromatic heterocycles. The first-order valence-electron chi connectivity index (χ1n) is 6.56. The van der Waals surface area contributed by atoms with E-state index in [0.29, 0.717) is 18.7 Å². The Balaban J connectivity index is 2.70. The molecule has 2 amide bonds. The van der Waals surface area contributed by atoms with Crippen LogP contribution < -0.4 is 5.73 Å². The van der Waals surface area contributed by atoms with E-state index in [1.165, 1.54) is 6.08 Å². The van der Waals surface area contributed by atoms with Crippen LogP contribution in [-0.2, 0) is 4.79 Å². The van der Waals surface area contributed by atoms with Gasteiger partial charge in [-0.2, -0.15) is 0 Å². The van der Waals surface area contributed by atoms with Crippen LogP contribution in [0, 0.1) is 0 Å². The van der Waals surface area contributed by atoms with Gasteiger partial charge in [0.15, 0.2) is 0 Å². The highest BCUT2D eigenvalue weighted by Gasteiger charge is 2.08. The van der Waals surface area contributed by atoms with Crippen molar-refractivity contribution in [3.05, 3.63) is 41.5 Å². The third-order valence-corrected chi connectivity index (χ3v) is 2.79. The molecule has 0 saturated carbocycles. The molecule has 0 saturated heterocycles. The molecular formula is C15H20N2O3. The Morgan fingerprint density at radius 2 is 1.90 bits per heavy atom. The summed E-state index contributed by atoms with van der Waals surface area (Å²) in [7, 11) is 0. The zero-order valence-electron chi connectivity index (χ0n) is 11.6. The number of rotatable bonds is 7. The van der Waals surface area contributed by atoms with E-state index in [1.807, 2.05) is 6.92 Å². The SMILES string of the molecule is CCCN(CCO)C(=O)/C=C/c1ccc(C(N)=O)cc1. The Bertz CT molecular complexity index is 474. The van der Waals surface area contributed by atoms with Gasteiger partial charge in [-0.3, -0.25) is 9.59 Å². The van der Waals surface area contributed by atoms with Crippen molar-refractivity contribution in [2.75, 3.05) is 19.7 Å². The minimum atomic E-state index is -0.478. The van der Waals surface area contributed by atoms with E-state index in [-0.39, 0.29) is 12.5 Å². The molecule has 1 aromatic carbocycles. The highest BCUT2D eigenvalue weighted by atomic mass is 16.3. The van der Waals surface area contributed by atoms with Crippen molar-refractivity contribution in [3.8, 4) is 0 Å². The number of aliphatic hydroxyl groups excluding tert-OH is 1. The van der Waals surface area contributed by atoms with Crippen LogP contribution in [0.3, 0.4) is 0 Å². The zero-order valence-corrected chi connectivity index (χ0v) is 11.6. The number of hydrogen-bond acceptors (Lipinski definition) is 3. The minimum Gasteiger partial charge on any atom is -0.395 e. The van der Waals surface area contributed by atoms with Crippen molar-refractivity contribution in [3.63, 3.8) is 0 Å². The molecule has 1 aromatic rings. The predicted octanol–water partition coefficient (Wildman–Crippen LogP) is 1.03. The standard InChI is InChI=1S/C15H20N2O3/c1-2-9-17(10-11-18)14(19)8-5-12-3-6-13(7-4-12)15(16)20/h3-8,18H,2,9-11H2,1H3,(H2,16,20)/b8-5+. The molecule has 0 bridgehead atoms. The van der Waals surface area contributed by atoms with Crippen LogP contribution in [0.5, 0.6) is 0 Å². The molecule has 0 spiro atoms. The Morgan fingerprint density at radius 1 is 1.25 bits per heavy atom. The molecule has 108 valence electrons. The van der Waals surface area contributed by atoms with Crippen LogP contribution in [0.4, 0.5) is 0 Å². The van der Waals surface area contributed by atoms with Crippen molar-refractivity contribution in [1.29, 1.82) is 0 Å². The van der Waals surface area contributed by atoms with E-state index in [0.717, 1.165) is 12.0 Å². The van der Waals surface area contributed by atoms with Gasteiger partial charge in [0, 0.05) is 24.7 Å². The summed E-state index contributed by atoms with van der Waals surface area (Å²) in [5.41, 5.74) is 6.39. The van der Waals surface area contributed by atoms with Crippen LogP contribution >= 0.6 is 0 Å². The maximum atomic E-state index is 11.9. The average Bonchev–Trinajstić information content (AvgIpc) is 2.45. The average molecular weight is 276 g/mol. The van der Waals surface area contributed by atoms with Crippen LogP contribution in [-0.4, -0.2) is 41.5 Å². The van der Waals surface area contributed by atoms with E-state index in [1.54, 1.807) is 35.2 Å². The molecule has 0 radical (unpaired) electrons. The normalized spacial score (nSPS) is 10.7. The van der Waals surface area contributed by atoms with E-state index in [4.69, 9.17) is 10.8 Å². The first-order chi connectivity index (χ1) is 9.58. The molecular weight excluding hydrogens is 256 g/mol. The summed E-state index contributed by atoms with van der Waals surface area (Å²) in [5, 5.41) is 8.92. The molecule has 0 heterocycles. The maximum absolute atomic E-state index is 11.9. The van der Waals surface area contributed by atoms with Gasteiger partial charge >= 0.3 is 0 Å². The number of benzene rings is 1. The Hall–Kier alpha value is -2.14. The van der Waals surface area contributed by atoms with Crippen molar-refractivity contribution >= 4 is 17.9 Å². The van der Waals surface area contributed by atoms with Gasteiger partial charge in [-0.05, 0) is 30.2 Å². The topological polar surface area (TPSA) is 83.6 Å². The Labute approximate surface area is 118 Å². The summed E-state index contributed by atoms with van der Waals surface area (Å²) in [6.45, 7) is 2.87. The van der Waals surface area contributed by atoms with Gasteiger partial charge in [0.25, 0.3) is 0 Å². The summed E-state index contributed by atoms with van der Waals surface area (Å²) in [6.07, 6.45) is 3.98. The number of carbonyl (C=O) groups excluding carboxylic acids is 2. The first kappa shape index (κ1) is 15.9. The van der Waals surface area contributed by atoms with Crippen LogP contribution in [0.25, 0.3) is 6.08 Å². The van der Waals surface area contributed by atoms with Crippen LogP contribution in [0.2, 0.25) is 0 Å². The second-order valence-electron chi connectivity index (χ2n) is 4.37. The quantitative estimate of drug-likeness (QED) is 0.730. The lowest BCUT2D eigenvalue weighted by molar-refractivity contribution is -0.126. The first-order valence-corrected chi connectivity index (χ1v) is 6.56. The van der Waals surface area contributed by atoms with Crippen molar-refractivity contribution in [1.82, 2.24) is 4.90 Å². The Morgan fingerprint density at radius 3 is 2.40 bits per heavy atom. The lowest BCUT2D eigenvalue weighted by Gasteiger charge is -2.18. The third-order valence-electron chi connectivity index (χ3n) is 2.79. The molecule has 0 fully saturated rings. The number of aliphatic hydroxyl groups is 1. The van der Waals surface area contributed by atoms with Gasteiger partial charge in [0.2, 0.25) is 11.8 Å². The molecule has 5 heteroatoms. The Kier molecular flexibility index (Phi) is 6.46. The summed E-state index contributed by atoms with van der Waals surface area (Å²) in [6, 6.07) is 6.67. The van der Waals surface area contributed by atoms with Crippen molar-refractivity contribution in [2.45, 2.75) is 13.3 Å². The van der Waals surface area contributed by atoms with E-state index in [9.17, 15) is 9.59 Å². The summed E-state index contributed by atoms with van der Waals surface area (Å²) < 4.78 is 0. The van der Waals surface area contributed by atoms with Gasteiger partial charge in [0.1, 0.15) is 0 Å². The highest BCUT2D eigenvalue weighted by Crippen LogP contribution is 2.06.